The molecule has 0 aromatic heterocycles. The third kappa shape index (κ3) is 2.83. The molecule has 2 atom stereocenters. The van der Waals surface area contributed by atoms with Gasteiger partial charge < -0.3 is 9.84 Å². The second-order valence-electron chi connectivity index (χ2n) is 3.65. The highest BCUT2D eigenvalue weighted by Gasteiger charge is 2.44. The van der Waals surface area contributed by atoms with Crippen molar-refractivity contribution in [2.75, 3.05) is 0 Å². The van der Waals surface area contributed by atoms with Gasteiger partial charge >= 0.3 is 5.97 Å². The lowest BCUT2D eigenvalue weighted by Gasteiger charge is -2.24. The molecule has 0 aliphatic carbocycles. The first-order valence-electron chi connectivity index (χ1n) is 5.01. The zero-order chi connectivity index (χ0) is 14.0. The van der Waals surface area contributed by atoms with Crippen molar-refractivity contribution in [1.82, 2.24) is 0 Å². The number of halogens is 2. The smallest absolute Gasteiger partial charge is 0.351 e. The first-order chi connectivity index (χ1) is 8.92. The van der Waals surface area contributed by atoms with Crippen LogP contribution in [0.3, 0.4) is 0 Å². The first-order valence-corrected chi connectivity index (χ1v) is 5.77. The monoisotopic (exact) mass is 302 g/mol. The molecule has 0 fully saturated rings. The van der Waals surface area contributed by atoms with Crippen LogP contribution in [0.1, 0.15) is 0 Å². The number of hydrogen-bond donors (Lipinski definition) is 2. The molecule has 1 aromatic carbocycles. The number of azo groups is 1. The minimum absolute atomic E-state index is 0.112. The van der Waals surface area contributed by atoms with Gasteiger partial charge in [0.25, 0.3) is 11.9 Å². The lowest BCUT2D eigenvalue weighted by atomic mass is 10.2. The lowest BCUT2D eigenvalue weighted by Crippen LogP contribution is -2.53. The van der Waals surface area contributed by atoms with E-state index < -0.39 is 17.9 Å². The Kier molecular flexibility index (Phi) is 3.70. The van der Waals surface area contributed by atoms with E-state index in [1.54, 1.807) is 0 Å². The van der Waals surface area contributed by atoms with Crippen LogP contribution in [0.25, 0.3) is 0 Å². The molecule has 19 heavy (non-hydrogen) atoms. The molecule has 1 aromatic rings. The van der Waals surface area contributed by atoms with Gasteiger partial charge in [0.1, 0.15) is 12.1 Å². The van der Waals surface area contributed by atoms with Crippen LogP contribution in [-0.4, -0.2) is 29.3 Å². The number of ether oxygens (including phenoxy) is 1. The zero-order valence-electron chi connectivity index (χ0n) is 9.33. The van der Waals surface area contributed by atoms with Crippen LogP contribution in [0.2, 0.25) is 10.0 Å². The first kappa shape index (κ1) is 13.7. The lowest BCUT2D eigenvalue weighted by molar-refractivity contribution is -0.148. The van der Waals surface area contributed by atoms with Gasteiger partial charge in [-0.3, -0.25) is 5.73 Å². The number of hydrogen-bond acceptors (Lipinski definition) is 6. The second-order valence-corrected chi connectivity index (χ2v) is 4.50. The van der Waals surface area contributed by atoms with E-state index in [1.165, 1.54) is 18.2 Å². The van der Waals surface area contributed by atoms with E-state index in [4.69, 9.17) is 38.8 Å². The van der Waals surface area contributed by atoms with Crippen LogP contribution in [0, 0.1) is 0 Å². The van der Waals surface area contributed by atoms with E-state index in [2.05, 4.69) is 15.2 Å². The van der Waals surface area contributed by atoms with Crippen molar-refractivity contribution < 1.29 is 14.6 Å². The largest absolute Gasteiger partial charge is 0.478 e. The Morgan fingerprint density at radius 3 is 2.74 bits per heavy atom. The fraction of sp³-hybridized carbons (Fsp3) is 0.200. The Morgan fingerprint density at radius 2 is 2.21 bits per heavy atom. The number of nitrogens with zero attached hydrogens (tertiary/aromatic N) is 3. The van der Waals surface area contributed by atoms with Gasteiger partial charge in [-0.2, -0.15) is 0 Å². The van der Waals surface area contributed by atoms with Crippen LogP contribution < -0.4 is 10.5 Å². The average molecular weight is 303 g/mol. The highest BCUT2D eigenvalue weighted by molar-refractivity contribution is 6.35. The van der Waals surface area contributed by atoms with Crippen LogP contribution in [-0.2, 0) is 4.79 Å². The number of carbonyl (C=O) groups is 1. The highest BCUT2D eigenvalue weighted by Crippen LogP contribution is 2.30. The Bertz CT molecular complexity index is 564. The number of carboxylic acids is 1. The molecule has 2 unspecified atom stereocenters. The summed E-state index contributed by atoms with van der Waals surface area (Å²) in [6.45, 7) is 0. The third-order valence-corrected chi connectivity index (χ3v) is 2.81. The molecular formula is C10H8Cl2N4O3. The molecule has 3 N–H and O–H groups in total. The van der Waals surface area contributed by atoms with E-state index in [1.807, 2.05) is 0 Å². The topological polar surface area (TPSA) is 110 Å². The van der Waals surface area contributed by atoms with Crippen molar-refractivity contribution in [3.8, 4) is 5.75 Å². The van der Waals surface area contributed by atoms with Crippen LogP contribution in [0.5, 0.6) is 5.75 Å². The van der Waals surface area contributed by atoms with Gasteiger partial charge in [0, 0.05) is 5.02 Å². The molecular weight excluding hydrogens is 295 g/mol. The van der Waals surface area contributed by atoms with Gasteiger partial charge in [-0.1, -0.05) is 23.2 Å². The summed E-state index contributed by atoms with van der Waals surface area (Å²) in [5, 5.41) is 16.7. The summed E-state index contributed by atoms with van der Waals surface area (Å²) >= 11 is 11.6. The standard InChI is InChI=1S/C10H8Cl2N4O3/c11-5-1-2-7(6(12)3-5)19-8(9(17)18)10(13)14-4-15-16-10/h1-4,8H,13H2,(H,17,18). The van der Waals surface area contributed by atoms with E-state index in [0.29, 0.717) is 5.02 Å². The van der Waals surface area contributed by atoms with Crippen molar-refractivity contribution in [3.63, 3.8) is 0 Å². The molecule has 1 aliphatic heterocycles. The number of carboxylic acid groups (broad SMARTS) is 1. The molecule has 7 nitrogen and oxygen atoms in total. The maximum atomic E-state index is 11.2. The predicted molar refractivity (Wildman–Crippen MR) is 68.8 cm³/mol. The van der Waals surface area contributed by atoms with Crippen molar-refractivity contribution in [2.45, 2.75) is 11.9 Å². The summed E-state index contributed by atoms with van der Waals surface area (Å²) in [5.74, 6) is -3.04. The Balaban J connectivity index is 2.29. The molecule has 1 heterocycles. The van der Waals surface area contributed by atoms with Gasteiger partial charge in [0.05, 0.1) is 5.02 Å². The molecule has 0 saturated carbocycles. The number of aliphatic imine (C=N–C) groups is 1. The highest BCUT2D eigenvalue weighted by atomic mass is 35.5. The average Bonchev–Trinajstić information content (AvgIpc) is 2.75. The zero-order valence-corrected chi connectivity index (χ0v) is 10.8. The number of aliphatic carboxylic acids is 1. The van der Waals surface area contributed by atoms with Gasteiger partial charge in [-0.25, -0.2) is 9.79 Å². The Hall–Kier alpha value is -1.70. The molecule has 0 saturated heterocycles. The number of rotatable bonds is 4. The summed E-state index contributed by atoms with van der Waals surface area (Å²) in [7, 11) is 0. The van der Waals surface area contributed by atoms with Gasteiger partial charge in [0.2, 0.25) is 0 Å². The van der Waals surface area contributed by atoms with E-state index in [0.717, 1.165) is 6.34 Å². The SMILES string of the molecule is NC1(C(Oc2ccc(Cl)cc2Cl)C(=O)O)N=CN=N1. The molecule has 2 rings (SSSR count). The van der Waals surface area contributed by atoms with Crippen molar-refractivity contribution in [3.05, 3.63) is 28.2 Å². The Morgan fingerprint density at radius 1 is 1.47 bits per heavy atom. The summed E-state index contributed by atoms with van der Waals surface area (Å²) in [5.41, 5.74) is 5.70. The minimum atomic E-state index is -1.81. The normalized spacial score (nSPS) is 22.5. The predicted octanol–water partition coefficient (Wildman–Crippen LogP) is 1.93. The van der Waals surface area contributed by atoms with E-state index in [-0.39, 0.29) is 10.8 Å². The van der Waals surface area contributed by atoms with Crippen molar-refractivity contribution >= 4 is 35.5 Å². The van der Waals surface area contributed by atoms with Crippen molar-refractivity contribution in [2.24, 2.45) is 21.0 Å². The van der Waals surface area contributed by atoms with Gasteiger partial charge in [-0.15, -0.1) is 10.2 Å². The van der Waals surface area contributed by atoms with E-state index in [9.17, 15) is 4.79 Å². The summed E-state index contributed by atoms with van der Waals surface area (Å²) in [4.78, 5) is 14.9. The van der Waals surface area contributed by atoms with Gasteiger partial charge in [-0.05, 0) is 18.2 Å². The Labute approximate surface area is 117 Å². The summed E-state index contributed by atoms with van der Waals surface area (Å²) in [6.07, 6.45) is -0.503. The van der Waals surface area contributed by atoms with Crippen LogP contribution >= 0.6 is 23.2 Å². The van der Waals surface area contributed by atoms with Crippen LogP contribution in [0.4, 0.5) is 0 Å². The quantitative estimate of drug-likeness (QED) is 0.885. The molecule has 0 spiro atoms. The maximum Gasteiger partial charge on any atom is 0.351 e. The van der Waals surface area contributed by atoms with Gasteiger partial charge in [0.15, 0.2) is 0 Å². The molecule has 1 aliphatic rings. The number of benzene rings is 1. The molecule has 9 heteroatoms. The summed E-state index contributed by atoms with van der Waals surface area (Å²) in [6, 6.07) is 4.35. The van der Waals surface area contributed by atoms with E-state index >= 15 is 0 Å². The molecule has 0 radical (unpaired) electrons. The summed E-state index contributed by atoms with van der Waals surface area (Å²) < 4.78 is 5.27. The third-order valence-electron chi connectivity index (χ3n) is 2.28. The van der Waals surface area contributed by atoms with Crippen molar-refractivity contribution in [1.29, 1.82) is 0 Å². The fourth-order valence-corrected chi connectivity index (χ4v) is 1.85. The maximum absolute atomic E-state index is 11.2. The molecule has 0 bridgehead atoms. The number of nitrogens with two attached hydrogens (primary N) is 1. The fourth-order valence-electron chi connectivity index (χ4n) is 1.40. The molecule has 0 amide bonds. The molecule has 100 valence electrons. The van der Waals surface area contributed by atoms with Crippen LogP contribution in [0.15, 0.2) is 33.4 Å². The minimum Gasteiger partial charge on any atom is -0.478 e. The second kappa shape index (κ2) is 5.12.